The van der Waals surface area contributed by atoms with Gasteiger partial charge in [0.25, 0.3) is 0 Å². The van der Waals surface area contributed by atoms with Gasteiger partial charge in [0.1, 0.15) is 5.83 Å². The summed E-state index contributed by atoms with van der Waals surface area (Å²) in [6, 6.07) is 5.72. The van der Waals surface area contributed by atoms with Crippen molar-refractivity contribution >= 4 is 22.8 Å². The Balaban J connectivity index is 1.63. The maximum atomic E-state index is 13.8. The third-order valence-electron chi connectivity index (χ3n) is 5.04. The number of pyridine rings is 1. The standard InChI is InChI=1S/C21H21FN6/c1-13-16-7-5-14(22)6-8-19(13)25-11-17(16)20-27-12-18(23)21(28-20)26-10-15-4-2-3-9-24-15/h2-6,8-9,11-13,16H,7,10,23H2,1H3,(H,26,27,28). The molecule has 3 heterocycles. The van der Waals surface area contributed by atoms with Crippen molar-refractivity contribution < 1.29 is 4.39 Å². The molecular formula is C21H21FN6. The number of rotatable bonds is 4. The van der Waals surface area contributed by atoms with Gasteiger partial charge in [-0.1, -0.05) is 13.0 Å². The molecule has 7 heteroatoms. The number of hydrogen-bond acceptors (Lipinski definition) is 6. The van der Waals surface area contributed by atoms with Crippen LogP contribution in [0.3, 0.4) is 0 Å². The maximum Gasteiger partial charge on any atom is 0.159 e. The van der Waals surface area contributed by atoms with Gasteiger partial charge in [0.05, 0.1) is 24.1 Å². The fraction of sp³-hybridized carbons (Fsp3) is 0.238. The first kappa shape index (κ1) is 18.0. The molecule has 2 aromatic heterocycles. The number of nitrogens with zero attached hydrogens (tertiary/aromatic N) is 4. The van der Waals surface area contributed by atoms with Gasteiger partial charge < -0.3 is 11.1 Å². The molecule has 2 bridgehead atoms. The smallest absolute Gasteiger partial charge is 0.159 e. The van der Waals surface area contributed by atoms with Crippen molar-refractivity contribution in [3.05, 3.63) is 72.4 Å². The Bertz CT molecular complexity index is 993. The van der Waals surface area contributed by atoms with Crippen molar-refractivity contribution in [3.8, 4) is 0 Å². The zero-order valence-electron chi connectivity index (χ0n) is 15.5. The number of fused-ring (bicyclic) bond motifs is 2. The van der Waals surface area contributed by atoms with Gasteiger partial charge in [-0.15, -0.1) is 0 Å². The van der Waals surface area contributed by atoms with E-state index in [2.05, 4.69) is 32.2 Å². The molecule has 4 rings (SSSR count). The van der Waals surface area contributed by atoms with Crippen molar-refractivity contribution in [1.82, 2.24) is 15.0 Å². The molecule has 0 amide bonds. The Hall–Kier alpha value is -3.35. The lowest BCUT2D eigenvalue weighted by Gasteiger charge is -2.29. The van der Waals surface area contributed by atoms with Crippen LogP contribution >= 0.6 is 0 Å². The molecule has 2 aromatic rings. The molecule has 0 saturated carbocycles. The average Bonchev–Trinajstić information content (AvgIpc) is 2.72. The Morgan fingerprint density at radius 2 is 2.14 bits per heavy atom. The Labute approximate surface area is 162 Å². The van der Waals surface area contributed by atoms with Crippen LogP contribution in [0, 0.1) is 11.8 Å². The summed E-state index contributed by atoms with van der Waals surface area (Å²) in [6.45, 7) is 2.59. The number of halogens is 1. The topological polar surface area (TPSA) is 89.1 Å². The Kier molecular flexibility index (Phi) is 4.97. The molecule has 0 saturated heterocycles. The Morgan fingerprint density at radius 3 is 2.96 bits per heavy atom. The SMILES string of the molecule is CC1C2=NC=C(c3ncc(N)c(NCc4ccccn4)n3)C1CC=C(F)C=C2. The minimum absolute atomic E-state index is 0.0514. The number of nitrogens with one attached hydrogen (secondary N) is 1. The Morgan fingerprint density at radius 1 is 1.25 bits per heavy atom. The monoisotopic (exact) mass is 376 g/mol. The third-order valence-corrected chi connectivity index (χ3v) is 5.04. The highest BCUT2D eigenvalue weighted by atomic mass is 19.1. The lowest BCUT2D eigenvalue weighted by atomic mass is 9.78. The third kappa shape index (κ3) is 3.69. The van der Waals surface area contributed by atoms with E-state index in [9.17, 15) is 4.39 Å². The van der Waals surface area contributed by atoms with E-state index in [1.807, 2.05) is 18.2 Å². The average molecular weight is 376 g/mol. The van der Waals surface area contributed by atoms with Crippen LogP contribution in [0.5, 0.6) is 0 Å². The molecule has 28 heavy (non-hydrogen) atoms. The minimum Gasteiger partial charge on any atom is -0.394 e. The molecule has 6 nitrogen and oxygen atoms in total. The lowest BCUT2D eigenvalue weighted by molar-refractivity contribution is 0.541. The van der Waals surface area contributed by atoms with Gasteiger partial charge in [-0.25, -0.2) is 14.4 Å². The highest BCUT2D eigenvalue weighted by Gasteiger charge is 2.30. The summed E-state index contributed by atoms with van der Waals surface area (Å²) in [6.07, 6.45) is 10.5. The number of anilines is 2. The fourth-order valence-electron chi connectivity index (χ4n) is 3.40. The van der Waals surface area contributed by atoms with Gasteiger partial charge in [0, 0.05) is 35.5 Å². The molecule has 1 aliphatic heterocycles. The van der Waals surface area contributed by atoms with Gasteiger partial charge in [-0.05, 0) is 36.8 Å². The van der Waals surface area contributed by atoms with E-state index in [0.29, 0.717) is 30.3 Å². The first-order chi connectivity index (χ1) is 13.6. The number of nitrogen functional groups attached to an aromatic ring is 1. The largest absolute Gasteiger partial charge is 0.394 e. The van der Waals surface area contributed by atoms with E-state index in [0.717, 1.165) is 17.0 Å². The van der Waals surface area contributed by atoms with Crippen molar-refractivity contribution in [2.75, 3.05) is 11.1 Å². The summed E-state index contributed by atoms with van der Waals surface area (Å²) in [4.78, 5) is 17.8. The van der Waals surface area contributed by atoms with Crippen molar-refractivity contribution in [2.24, 2.45) is 16.8 Å². The van der Waals surface area contributed by atoms with E-state index < -0.39 is 0 Å². The summed E-state index contributed by atoms with van der Waals surface area (Å²) in [5.74, 6) is 1.05. The van der Waals surface area contributed by atoms with E-state index in [1.165, 1.54) is 6.08 Å². The molecular weight excluding hydrogens is 355 g/mol. The van der Waals surface area contributed by atoms with Gasteiger partial charge in [0.15, 0.2) is 11.6 Å². The summed E-state index contributed by atoms with van der Waals surface area (Å²) in [5, 5.41) is 3.22. The molecule has 0 radical (unpaired) electrons. The summed E-state index contributed by atoms with van der Waals surface area (Å²) < 4.78 is 13.8. The van der Waals surface area contributed by atoms with E-state index in [-0.39, 0.29) is 17.7 Å². The normalized spacial score (nSPS) is 21.1. The zero-order valence-corrected chi connectivity index (χ0v) is 15.5. The van der Waals surface area contributed by atoms with Crippen LogP contribution in [0.2, 0.25) is 0 Å². The van der Waals surface area contributed by atoms with Crippen LogP contribution in [-0.2, 0) is 6.54 Å². The molecule has 142 valence electrons. The van der Waals surface area contributed by atoms with E-state index >= 15 is 0 Å². The highest BCUT2D eigenvalue weighted by molar-refractivity contribution is 6.00. The van der Waals surface area contributed by atoms with Crippen LogP contribution in [0.15, 0.2) is 65.8 Å². The van der Waals surface area contributed by atoms with E-state index in [4.69, 9.17) is 5.73 Å². The minimum atomic E-state index is -0.248. The van der Waals surface area contributed by atoms with Gasteiger partial charge in [-0.2, -0.15) is 0 Å². The van der Waals surface area contributed by atoms with Crippen LogP contribution in [0.1, 0.15) is 24.9 Å². The molecule has 0 spiro atoms. The fourth-order valence-corrected chi connectivity index (χ4v) is 3.40. The number of nitrogens with two attached hydrogens (primary N) is 1. The number of hydrogen-bond donors (Lipinski definition) is 2. The predicted molar refractivity (Wildman–Crippen MR) is 109 cm³/mol. The summed E-state index contributed by atoms with van der Waals surface area (Å²) in [7, 11) is 0. The first-order valence-corrected chi connectivity index (χ1v) is 9.20. The van der Waals surface area contributed by atoms with Crippen molar-refractivity contribution in [1.29, 1.82) is 0 Å². The van der Waals surface area contributed by atoms with E-state index in [1.54, 1.807) is 30.7 Å². The quantitative estimate of drug-likeness (QED) is 0.844. The van der Waals surface area contributed by atoms with Gasteiger partial charge in [-0.3, -0.25) is 9.98 Å². The number of aliphatic imine (C=N–C) groups is 1. The molecule has 0 fully saturated rings. The van der Waals surface area contributed by atoms with Gasteiger partial charge in [0.2, 0.25) is 0 Å². The number of allylic oxidation sites excluding steroid dienone is 5. The lowest BCUT2D eigenvalue weighted by Crippen LogP contribution is -2.25. The van der Waals surface area contributed by atoms with Crippen LogP contribution in [0.25, 0.3) is 5.57 Å². The van der Waals surface area contributed by atoms with Crippen LogP contribution < -0.4 is 11.1 Å². The first-order valence-electron chi connectivity index (χ1n) is 9.20. The molecule has 2 aliphatic rings. The molecule has 0 aromatic carbocycles. The second-order valence-corrected chi connectivity index (χ2v) is 6.86. The zero-order chi connectivity index (χ0) is 19.5. The van der Waals surface area contributed by atoms with Crippen molar-refractivity contribution in [3.63, 3.8) is 0 Å². The van der Waals surface area contributed by atoms with Gasteiger partial charge >= 0.3 is 0 Å². The maximum absolute atomic E-state index is 13.8. The number of aromatic nitrogens is 3. The predicted octanol–water partition coefficient (Wildman–Crippen LogP) is 3.93. The highest BCUT2D eigenvalue weighted by Crippen LogP contribution is 2.37. The van der Waals surface area contributed by atoms with Crippen LogP contribution in [-0.4, -0.2) is 20.7 Å². The summed E-state index contributed by atoms with van der Waals surface area (Å²) >= 11 is 0. The molecule has 3 N–H and O–H groups in total. The summed E-state index contributed by atoms with van der Waals surface area (Å²) in [5.41, 5.74) is 9.14. The molecule has 1 aliphatic carbocycles. The second-order valence-electron chi connectivity index (χ2n) is 6.86. The van der Waals surface area contributed by atoms with Crippen molar-refractivity contribution in [2.45, 2.75) is 19.9 Å². The molecule has 2 unspecified atom stereocenters. The molecule has 2 atom stereocenters. The second kappa shape index (κ2) is 7.72. The van der Waals surface area contributed by atoms with Crippen LogP contribution in [0.4, 0.5) is 15.9 Å².